The summed E-state index contributed by atoms with van der Waals surface area (Å²) < 4.78 is 11.8. The molecular weight excluding hydrogens is 468 g/mol. The Hall–Kier alpha value is -1.99. The molecule has 1 heterocycles. The monoisotopic (exact) mass is 514 g/mol. The summed E-state index contributed by atoms with van der Waals surface area (Å²) in [6.07, 6.45) is 12.0. The number of aromatic nitrogens is 4. The minimum Gasteiger partial charge on any atom is -0.463 e. The van der Waals surface area contributed by atoms with Crippen molar-refractivity contribution in [2.45, 2.75) is 117 Å². The van der Waals surface area contributed by atoms with Crippen LogP contribution in [0.2, 0.25) is 0 Å². The van der Waals surface area contributed by atoms with Crippen molar-refractivity contribution in [3.63, 3.8) is 0 Å². The zero-order valence-corrected chi connectivity index (χ0v) is 23.4. The normalized spacial score (nSPS) is 41.7. The van der Waals surface area contributed by atoms with Crippen LogP contribution in [-0.2, 0) is 25.5 Å². The Morgan fingerprint density at radius 3 is 2.43 bits per heavy atom. The molecule has 0 amide bonds. The van der Waals surface area contributed by atoms with Gasteiger partial charge in [-0.05, 0) is 105 Å². The topological polar surface area (TPSA) is 107 Å². The fourth-order valence-electron chi connectivity index (χ4n) is 9.88. The van der Waals surface area contributed by atoms with Gasteiger partial charge in [0.25, 0.3) is 0 Å². The quantitative estimate of drug-likeness (QED) is 0.493. The maximum Gasteiger partial charge on any atom is 0.302 e. The van der Waals surface area contributed by atoms with E-state index < -0.39 is 0 Å². The molecule has 1 N–H and O–H groups in total. The third-order valence-electron chi connectivity index (χ3n) is 11.5. The molecule has 8 nitrogen and oxygen atoms in total. The minimum atomic E-state index is -0.185. The number of hydrogen-bond donors (Lipinski definition) is 1. The van der Waals surface area contributed by atoms with Gasteiger partial charge in [-0.3, -0.25) is 9.59 Å². The fourth-order valence-corrected chi connectivity index (χ4v) is 9.88. The number of aromatic amines is 1. The molecular formula is C29H46N4O4. The van der Waals surface area contributed by atoms with Gasteiger partial charge in [0.05, 0.1) is 0 Å². The Bertz CT molecular complexity index is 969. The summed E-state index contributed by atoms with van der Waals surface area (Å²) in [6, 6.07) is 0. The highest BCUT2D eigenvalue weighted by molar-refractivity contribution is 5.66. The molecule has 4 fully saturated rings. The minimum absolute atomic E-state index is 0.00289. The second-order valence-corrected chi connectivity index (χ2v) is 13.3. The first-order valence-corrected chi connectivity index (χ1v) is 14.7. The molecule has 0 spiro atoms. The maximum atomic E-state index is 12.3. The number of rotatable bonds is 7. The second-order valence-electron chi connectivity index (χ2n) is 13.3. The van der Waals surface area contributed by atoms with E-state index in [4.69, 9.17) is 9.47 Å². The first kappa shape index (κ1) is 26.6. The van der Waals surface area contributed by atoms with E-state index in [-0.39, 0.29) is 29.6 Å². The molecule has 0 aromatic carbocycles. The van der Waals surface area contributed by atoms with E-state index in [0.717, 1.165) is 44.3 Å². The summed E-state index contributed by atoms with van der Waals surface area (Å²) in [5.74, 6) is 3.85. The average molecular weight is 515 g/mol. The summed E-state index contributed by atoms with van der Waals surface area (Å²) >= 11 is 0. The molecule has 10 atom stereocenters. The van der Waals surface area contributed by atoms with Gasteiger partial charge in [0.2, 0.25) is 0 Å². The Morgan fingerprint density at radius 1 is 1.00 bits per heavy atom. The van der Waals surface area contributed by atoms with Crippen LogP contribution in [0.4, 0.5) is 0 Å². The maximum absolute atomic E-state index is 12.3. The van der Waals surface area contributed by atoms with E-state index in [2.05, 4.69) is 41.4 Å². The first-order chi connectivity index (χ1) is 17.6. The molecule has 1 aromatic heterocycles. The Labute approximate surface area is 221 Å². The molecule has 5 rings (SSSR count). The van der Waals surface area contributed by atoms with Gasteiger partial charge in [-0.15, -0.1) is 10.2 Å². The molecule has 0 saturated heterocycles. The molecule has 4 aliphatic rings. The zero-order valence-electron chi connectivity index (χ0n) is 23.4. The third-order valence-corrected chi connectivity index (χ3v) is 11.5. The van der Waals surface area contributed by atoms with Gasteiger partial charge in [-0.1, -0.05) is 26.0 Å². The summed E-state index contributed by atoms with van der Waals surface area (Å²) in [5, 5.41) is 14.5. The highest BCUT2D eigenvalue weighted by atomic mass is 16.5. The predicted octanol–water partition coefficient (Wildman–Crippen LogP) is 5.29. The van der Waals surface area contributed by atoms with Crippen LogP contribution >= 0.6 is 0 Å². The van der Waals surface area contributed by atoms with Crippen molar-refractivity contribution >= 4 is 11.9 Å². The molecule has 37 heavy (non-hydrogen) atoms. The lowest BCUT2D eigenvalue weighted by atomic mass is 9.43. The predicted molar refractivity (Wildman–Crippen MR) is 138 cm³/mol. The Morgan fingerprint density at radius 2 is 1.73 bits per heavy atom. The van der Waals surface area contributed by atoms with Gasteiger partial charge < -0.3 is 9.47 Å². The number of fused-ring (bicyclic) bond motifs is 5. The van der Waals surface area contributed by atoms with Gasteiger partial charge in [0.15, 0.2) is 5.82 Å². The van der Waals surface area contributed by atoms with Crippen LogP contribution in [-0.4, -0.2) is 44.8 Å². The van der Waals surface area contributed by atoms with Gasteiger partial charge in [0.1, 0.15) is 12.2 Å². The van der Waals surface area contributed by atoms with E-state index >= 15 is 0 Å². The molecule has 4 aliphatic carbocycles. The van der Waals surface area contributed by atoms with E-state index in [1.807, 2.05) is 0 Å². The fraction of sp³-hybridized carbons (Fsp3) is 0.897. The zero-order chi connectivity index (χ0) is 26.4. The lowest BCUT2D eigenvalue weighted by molar-refractivity contribution is -0.197. The van der Waals surface area contributed by atoms with Crippen LogP contribution in [0.5, 0.6) is 0 Å². The number of ether oxygens (including phenoxy) is 2. The Balaban J connectivity index is 1.33. The van der Waals surface area contributed by atoms with Gasteiger partial charge in [0, 0.05) is 26.2 Å². The number of nitrogens with zero attached hydrogens (tertiary/aromatic N) is 3. The van der Waals surface area contributed by atoms with Crippen LogP contribution < -0.4 is 0 Å². The number of tetrazole rings is 1. The number of H-pyrrole nitrogens is 1. The molecule has 4 saturated carbocycles. The number of esters is 2. The van der Waals surface area contributed by atoms with E-state index in [0.29, 0.717) is 40.9 Å². The molecule has 1 aromatic rings. The van der Waals surface area contributed by atoms with Crippen LogP contribution in [0.25, 0.3) is 0 Å². The third kappa shape index (κ3) is 4.94. The molecule has 0 radical (unpaired) electrons. The number of nitrogens with one attached hydrogen (secondary N) is 1. The summed E-state index contributed by atoms with van der Waals surface area (Å²) in [6.45, 7) is 10.6. The van der Waals surface area contributed by atoms with E-state index in [1.165, 1.54) is 39.0 Å². The smallest absolute Gasteiger partial charge is 0.302 e. The van der Waals surface area contributed by atoms with Gasteiger partial charge >= 0.3 is 11.9 Å². The van der Waals surface area contributed by atoms with Crippen LogP contribution in [0, 0.1) is 46.3 Å². The number of carbonyl (C=O) groups is 2. The summed E-state index contributed by atoms with van der Waals surface area (Å²) in [4.78, 5) is 23.9. The van der Waals surface area contributed by atoms with Crippen molar-refractivity contribution in [1.82, 2.24) is 20.6 Å². The first-order valence-electron chi connectivity index (χ1n) is 14.7. The van der Waals surface area contributed by atoms with Crippen molar-refractivity contribution in [2.24, 2.45) is 46.3 Å². The molecule has 0 bridgehead atoms. The van der Waals surface area contributed by atoms with Gasteiger partial charge in [-0.25, -0.2) is 0 Å². The van der Waals surface area contributed by atoms with Gasteiger partial charge in [-0.2, -0.15) is 5.21 Å². The number of carbonyl (C=O) groups excluding carboxylic acids is 2. The van der Waals surface area contributed by atoms with Crippen molar-refractivity contribution in [3.8, 4) is 0 Å². The van der Waals surface area contributed by atoms with Crippen molar-refractivity contribution in [3.05, 3.63) is 5.82 Å². The van der Waals surface area contributed by atoms with Crippen molar-refractivity contribution < 1.29 is 19.1 Å². The SMILES string of the molecule is CC(=O)OC1CCC2(C)C(C1)CC(OC(C)=O)C1C2CCC2(C)C1CCC2[C@H](C)CCCc1nn[nH]n1. The van der Waals surface area contributed by atoms with Crippen LogP contribution in [0.1, 0.15) is 105 Å². The summed E-state index contributed by atoms with van der Waals surface area (Å²) in [5.41, 5.74) is 0.525. The largest absolute Gasteiger partial charge is 0.463 e. The molecule has 9 unspecified atom stereocenters. The molecule has 8 heteroatoms. The van der Waals surface area contributed by atoms with Crippen molar-refractivity contribution in [1.29, 1.82) is 0 Å². The average Bonchev–Trinajstić information content (AvgIpc) is 3.46. The molecule has 0 aliphatic heterocycles. The van der Waals surface area contributed by atoms with Crippen molar-refractivity contribution in [2.75, 3.05) is 0 Å². The molecule has 206 valence electrons. The second kappa shape index (κ2) is 10.3. The number of hydrogen-bond acceptors (Lipinski definition) is 7. The lowest BCUT2D eigenvalue weighted by Gasteiger charge is -2.62. The van der Waals surface area contributed by atoms with E-state index in [9.17, 15) is 9.59 Å². The lowest BCUT2D eigenvalue weighted by Crippen LogP contribution is -2.59. The number of aryl methyl sites for hydroxylation is 1. The summed E-state index contributed by atoms with van der Waals surface area (Å²) in [7, 11) is 0. The van der Waals surface area contributed by atoms with E-state index in [1.54, 1.807) is 6.92 Å². The highest BCUT2D eigenvalue weighted by Gasteiger charge is 2.63. The highest BCUT2D eigenvalue weighted by Crippen LogP contribution is 2.68. The Kier molecular flexibility index (Phi) is 7.40. The standard InChI is InChI=1S/C29H46N4O4/c1-17(7-6-8-26-30-32-33-31-26)22-9-10-23-27-24(12-14-29(22,23)5)28(4)13-11-21(36-18(2)34)15-20(28)16-25(27)37-19(3)35/h17,20-25,27H,6-16H2,1-5H3,(H,30,31,32,33)/t17-,20?,21?,22?,23?,24?,25?,27?,28?,29?/m1/s1. The van der Waals surface area contributed by atoms with Crippen LogP contribution in [0.15, 0.2) is 0 Å². The van der Waals surface area contributed by atoms with Crippen LogP contribution in [0.3, 0.4) is 0 Å².